The molecule has 2 aromatic carbocycles. The number of benzene rings is 2. The number of hydrogen-bond donors (Lipinski definition) is 2. The van der Waals surface area contributed by atoms with E-state index in [1.54, 1.807) is 7.11 Å². The normalized spacial score (nSPS) is 10.7. The van der Waals surface area contributed by atoms with Crippen LogP contribution in [0.5, 0.6) is 5.75 Å². The molecule has 0 bridgehead atoms. The van der Waals surface area contributed by atoms with Crippen LogP contribution in [0.2, 0.25) is 0 Å². The molecule has 1 aromatic heterocycles. The lowest BCUT2D eigenvalue weighted by Gasteiger charge is -2.06. The summed E-state index contributed by atoms with van der Waals surface area (Å²) in [6, 6.07) is 15.5. The summed E-state index contributed by atoms with van der Waals surface area (Å²) in [6.45, 7) is 0.496. The Hall–Kier alpha value is -2.82. The predicted octanol–water partition coefficient (Wildman–Crippen LogP) is 2.82. The van der Waals surface area contributed by atoms with E-state index in [0.29, 0.717) is 19.4 Å². The van der Waals surface area contributed by atoms with Crippen molar-refractivity contribution < 1.29 is 9.53 Å². The van der Waals surface area contributed by atoms with Crippen LogP contribution in [0.1, 0.15) is 17.8 Å². The van der Waals surface area contributed by atoms with Gasteiger partial charge in [0.25, 0.3) is 0 Å². The maximum Gasteiger partial charge on any atom is 0.220 e. The number of para-hydroxylation sites is 2. The van der Waals surface area contributed by atoms with Crippen molar-refractivity contribution in [2.45, 2.75) is 19.4 Å². The number of carbonyl (C=O) groups is 1. The highest BCUT2D eigenvalue weighted by Crippen LogP contribution is 2.13. The third kappa shape index (κ3) is 3.88. The first kappa shape index (κ1) is 15.1. The van der Waals surface area contributed by atoms with Crippen molar-refractivity contribution in [3.8, 4) is 5.75 Å². The summed E-state index contributed by atoms with van der Waals surface area (Å²) < 4.78 is 5.17. The molecule has 0 fully saturated rings. The first-order valence-electron chi connectivity index (χ1n) is 7.58. The van der Waals surface area contributed by atoms with E-state index in [1.165, 1.54) is 0 Å². The molecule has 0 spiro atoms. The number of hydrogen-bond acceptors (Lipinski definition) is 3. The number of methoxy groups -OCH3 is 1. The minimum Gasteiger partial charge on any atom is -0.497 e. The lowest BCUT2D eigenvalue weighted by atomic mass is 10.2. The largest absolute Gasteiger partial charge is 0.497 e. The second-order valence-corrected chi connectivity index (χ2v) is 5.33. The fourth-order valence-electron chi connectivity index (χ4n) is 2.43. The molecule has 118 valence electrons. The molecule has 0 atom stereocenters. The highest BCUT2D eigenvalue weighted by molar-refractivity contribution is 5.77. The first-order valence-corrected chi connectivity index (χ1v) is 7.58. The molecule has 1 amide bonds. The summed E-state index contributed by atoms with van der Waals surface area (Å²) in [4.78, 5) is 19.7. The molecule has 0 aliphatic heterocycles. The summed E-state index contributed by atoms with van der Waals surface area (Å²) in [7, 11) is 1.63. The van der Waals surface area contributed by atoms with E-state index in [2.05, 4.69) is 15.3 Å². The van der Waals surface area contributed by atoms with Crippen LogP contribution in [0.4, 0.5) is 0 Å². The zero-order chi connectivity index (χ0) is 16.1. The molecule has 0 saturated heterocycles. The molecule has 1 heterocycles. The fraction of sp³-hybridized carbons (Fsp3) is 0.222. The number of nitrogens with zero attached hydrogens (tertiary/aromatic N) is 1. The van der Waals surface area contributed by atoms with Crippen molar-refractivity contribution in [2.24, 2.45) is 0 Å². The Morgan fingerprint density at radius 1 is 1.22 bits per heavy atom. The van der Waals surface area contributed by atoms with E-state index in [4.69, 9.17) is 4.74 Å². The van der Waals surface area contributed by atoms with Crippen LogP contribution < -0.4 is 10.1 Å². The predicted molar refractivity (Wildman–Crippen MR) is 89.3 cm³/mol. The average molecular weight is 309 g/mol. The van der Waals surface area contributed by atoms with E-state index < -0.39 is 0 Å². The SMILES string of the molecule is COc1cccc(CNC(=O)CCc2nc3ccccc3[nH]2)c1. The summed E-state index contributed by atoms with van der Waals surface area (Å²) in [5, 5.41) is 2.92. The molecule has 0 aliphatic carbocycles. The Kier molecular flexibility index (Phi) is 4.57. The number of fused-ring (bicyclic) bond motifs is 1. The van der Waals surface area contributed by atoms with Crippen molar-refractivity contribution in [2.75, 3.05) is 7.11 Å². The molecule has 5 heteroatoms. The zero-order valence-electron chi connectivity index (χ0n) is 13.0. The number of rotatable bonds is 6. The molecular formula is C18H19N3O2. The quantitative estimate of drug-likeness (QED) is 0.736. The second-order valence-electron chi connectivity index (χ2n) is 5.33. The number of aromatic nitrogens is 2. The molecule has 23 heavy (non-hydrogen) atoms. The molecule has 0 aliphatic rings. The number of aromatic amines is 1. The highest BCUT2D eigenvalue weighted by Gasteiger charge is 2.06. The monoisotopic (exact) mass is 309 g/mol. The minimum absolute atomic E-state index is 0.00766. The fourth-order valence-corrected chi connectivity index (χ4v) is 2.43. The maximum atomic E-state index is 12.0. The van der Waals surface area contributed by atoms with Gasteiger partial charge in [-0.05, 0) is 29.8 Å². The smallest absolute Gasteiger partial charge is 0.220 e. The number of nitrogens with one attached hydrogen (secondary N) is 2. The van der Waals surface area contributed by atoms with E-state index in [0.717, 1.165) is 28.2 Å². The molecule has 5 nitrogen and oxygen atoms in total. The van der Waals surface area contributed by atoms with E-state index in [-0.39, 0.29) is 5.91 Å². The number of H-pyrrole nitrogens is 1. The van der Waals surface area contributed by atoms with Gasteiger partial charge in [-0.15, -0.1) is 0 Å². The van der Waals surface area contributed by atoms with E-state index >= 15 is 0 Å². The van der Waals surface area contributed by atoms with Crippen LogP contribution in [-0.2, 0) is 17.8 Å². The molecule has 3 aromatic rings. The number of carbonyl (C=O) groups excluding carboxylic acids is 1. The Bertz CT molecular complexity index is 778. The van der Waals surface area contributed by atoms with Gasteiger partial charge in [-0.25, -0.2) is 4.98 Å². The zero-order valence-corrected chi connectivity index (χ0v) is 13.0. The molecule has 0 unspecified atom stereocenters. The van der Waals surface area contributed by atoms with Crippen molar-refractivity contribution in [1.82, 2.24) is 15.3 Å². The second kappa shape index (κ2) is 6.96. The molecule has 0 radical (unpaired) electrons. The first-order chi connectivity index (χ1) is 11.2. The van der Waals surface area contributed by atoms with Crippen LogP contribution in [0.15, 0.2) is 48.5 Å². The number of imidazole rings is 1. The van der Waals surface area contributed by atoms with Crippen molar-refractivity contribution in [3.63, 3.8) is 0 Å². The number of ether oxygens (including phenoxy) is 1. The minimum atomic E-state index is 0.00766. The van der Waals surface area contributed by atoms with Crippen molar-refractivity contribution >= 4 is 16.9 Å². The summed E-state index contributed by atoms with van der Waals surface area (Å²) in [6.07, 6.45) is 1.00. The van der Waals surface area contributed by atoms with Crippen LogP contribution in [0.3, 0.4) is 0 Å². The number of aryl methyl sites for hydroxylation is 1. The summed E-state index contributed by atoms with van der Waals surface area (Å²) in [5.74, 6) is 1.63. The van der Waals surface area contributed by atoms with Crippen LogP contribution >= 0.6 is 0 Å². The van der Waals surface area contributed by atoms with Crippen molar-refractivity contribution in [3.05, 3.63) is 59.9 Å². The third-order valence-electron chi connectivity index (χ3n) is 3.65. The molecule has 0 saturated carbocycles. The Labute approximate surface area is 134 Å². The lowest BCUT2D eigenvalue weighted by molar-refractivity contribution is -0.121. The van der Waals surface area contributed by atoms with Crippen LogP contribution in [0.25, 0.3) is 11.0 Å². The van der Waals surface area contributed by atoms with Gasteiger partial charge in [-0.3, -0.25) is 4.79 Å². The topological polar surface area (TPSA) is 67.0 Å². The van der Waals surface area contributed by atoms with Gasteiger partial charge in [0.05, 0.1) is 18.1 Å². The van der Waals surface area contributed by atoms with E-state index in [1.807, 2.05) is 48.5 Å². The third-order valence-corrected chi connectivity index (χ3v) is 3.65. The van der Waals surface area contributed by atoms with Gasteiger partial charge in [0, 0.05) is 19.4 Å². The van der Waals surface area contributed by atoms with Gasteiger partial charge in [0.2, 0.25) is 5.91 Å². The Balaban J connectivity index is 1.51. The molecular weight excluding hydrogens is 290 g/mol. The lowest BCUT2D eigenvalue weighted by Crippen LogP contribution is -2.23. The van der Waals surface area contributed by atoms with Gasteiger partial charge in [0.1, 0.15) is 11.6 Å². The standard InChI is InChI=1S/C18H19N3O2/c1-23-14-6-4-5-13(11-14)12-19-18(22)10-9-17-20-15-7-2-3-8-16(15)21-17/h2-8,11H,9-10,12H2,1H3,(H,19,22)(H,20,21). The van der Waals surface area contributed by atoms with Crippen molar-refractivity contribution in [1.29, 1.82) is 0 Å². The molecule has 3 rings (SSSR count). The average Bonchev–Trinajstić information content (AvgIpc) is 3.01. The van der Waals surface area contributed by atoms with Crippen LogP contribution in [0, 0.1) is 0 Å². The maximum absolute atomic E-state index is 12.0. The number of amides is 1. The van der Waals surface area contributed by atoms with Gasteiger partial charge in [0.15, 0.2) is 0 Å². The Morgan fingerprint density at radius 3 is 2.91 bits per heavy atom. The molecule has 2 N–H and O–H groups in total. The van der Waals surface area contributed by atoms with Gasteiger partial charge >= 0.3 is 0 Å². The van der Waals surface area contributed by atoms with E-state index in [9.17, 15) is 4.79 Å². The van der Waals surface area contributed by atoms with Gasteiger partial charge in [-0.2, -0.15) is 0 Å². The van der Waals surface area contributed by atoms with Crippen LogP contribution in [-0.4, -0.2) is 23.0 Å². The summed E-state index contributed by atoms with van der Waals surface area (Å²) >= 11 is 0. The highest BCUT2D eigenvalue weighted by atomic mass is 16.5. The summed E-state index contributed by atoms with van der Waals surface area (Å²) in [5.41, 5.74) is 2.94. The van der Waals surface area contributed by atoms with Gasteiger partial charge in [-0.1, -0.05) is 24.3 Å². The van der Waals surface area contributed by atoms with Gasteiger partial charge < -0.3 is 15.0 Å². The Morgan fingerprint density at radius 2 is 2.09 bits per heavy atom.